The number of hydrogen-bond acceptors (Lipinski definition) is 5. The Morgan fingerprint density at radius 1 is 1.18 bits per heavy atom. The molecular formula is C25H30N6O2. The average molecular weight is 447 g/mol. The van der Waals surface area contributed by atoms with Crippen molar-refractivity contribution in [1.82, 2.24) is 24.8 Å². The number of H-pyrrole nitrogens is 1. The number of hydrogen-bond donors (Lipinski definition) is 2. The minimum atomic E-state index is 0.106. The summed E-state index contributed by atoms with van der Waals surface area (Å²) in [5, 5.41) is 4.25. The summed E-state index contributed by atoms with van der Waals surface area (Å²) in [6, 6.07) is 10.0. The molecule has 8 heteroatoms. The molecule has 33 heavy (non-hydrogen) atoms. The summed E-state index contributed by atoms with van der Waals surface area (Å²) in [6.45, 7) is 2.11. The molecule has 1 aromatic carbocycles. The molecule has 0 radical (unpaired) electrons. The molecule has 2 N–H and O–H groups in total. The first kappa shape index (κ1) is 21.4. The van der Waals surface area contributed by atoms with Gasteiger partial charge in [-0.1, -0.05) is 18.2 Å². The number of fused-ring (bicyclic) bond motifs is 1. The molecule has 3 aromatic rings. The molecule has 1 atom stereocenters. The Morgan fingerprint density at radius 2 is 1.97 bits per heavy atom. The van der Waals surface area contributed by atoms with Gasteiger partial charge < -0.3 is 20.1 Å². The van der Waals surface area contributed by atoms with Crippen molar-refractivity contribution in [2.75, 3.05) is 39.0 Å². The number of carbonyl (C=O) groups excluding carboxylic acids is 2. The Hall–Kier alpha value is -3.42. The highest BCUT2D eigenvalue weighted by atomic mass is 16.2. The van der Waals surface area contributed by atoms with Crippen LogP contribution in [0.4, 0.5) is 5.82 Å². The van der Waals surface area contributed by atoms with Gasteiger partial charge >= 0.3 is 0 Å². The van der Waals surface area contributed by atoms with E-state index in [2.05, 4.69) is 16.4 Å². The molecule has 2 aromatic heterocycles. The smallest absolute Gasteiger partial charge is 0.227 e. The fraction of sp³-hybridized carbons (Fsp3) is 0.440. The third-order valence-electron chi connectivity index (χ3n) is 7.01. The van der Waals surface area contributed by atoms with Gasteiger partial charge in [-0.15, -0.1) is 0 Å². The molecule has 172 valence electrons. The Labute approximate surface area is 193 Å². The van der Waals surface area contributed by atoms with Gasteiger partial charge in [0.1, 0.15) is 11.6 Å². The highest BCUT2D eigenvalue weighted by molar-refractivity contribution is 5.89. The third kappa shape index (κ3) is 4.29. The summed E-state index contributed by atoms with van der Waals surface area (Å²) in [5.74, 6) is 2.25. The zero-order chi connectivity index (χ0) is 22.9. The molecule has 0 aliphatic carbocycles. The molecule has 2 aliphatic rings. The van der Waals surface area contributed by atoms with Crippen LogP contribution in [-0.2, 0) is 16.0 Å². The van der Waals surface area contributed by atoms with Crippen molar-refractivity contribution < 1.29 is 9.59 Å². The summed E-state index contributed by atoms with van der Waals surface area (Å²) in [7, 11) is 3.69. The summed E-state index contributed by atoms with van der Waals surface area (Å²) < 4.78 is 0. The van der Waals surface area contributed by atoms with Crippen LogP contribution in [-0.4, -0.2) is 70.3 Å². The average Bonchev–Trinajstić information content (AvgIpc) is 3.41. The van der Waals surface area contributed by atoms with Crippen LogP contribution in [0, 0.1) is 0 Å². The van der Waals surface area contributed by atoms with Crippen LogP contribution in [0.15, 0.2) is 36.5 Å². The van der Waals surface area contributed by atoms with Crippen LogP contribution in [0.3, 0.4) is 0 Å². The van der Waals surface area contributed by atoms with Crippen molar-refractivity contribution in [2.24, 2.45) is 0 Å². The van der Waals surface area contributed by atoms with Gasteiger partial charge in [-0.05, 0) is 24.5 Å². The van der Waals surface area contributed by atoms with E-state index < -0.39 is 0 Å². The van der Waals surface area contributed by atoms with Crippen LogP contribution in [0.25, 0.3) is 10.9 Å². The maximum atomic E-state index is 13.0. The first-order chi connectivity index (χ1) is 16.0. The van der Waals surface area contributed by atoms with Crippen molar-refractivity contribution >= 4 is 28.5 Å². The van der Waals surface area contributed by atoms with Gasteiger partial charge in [0.05, 0.1) is 12.1 Å². The van der Waals surface area contributed by atoms with Crippen molar-refractivity contribution in [1.29, 1.82) is 0 Å². The largest absolute Gasteiger partial charge is 0.373 e. The number of nitrogens with zero attached hydrogens (tertiary/aromatic N) is 4. The summed E-state index contributed by atoms with van der Waals surface area (Å²) in [6.07, 6.45) is 4.54. The minimum Gasteiger partial charge on any atom is -0.373 e. The Balaban J connectivity index is 1.25. The molecule has 2 saturated heterocycles. The lowest BCUT2D eigenvalue weighted by atomic mass is 9.94. The number of amides is 2. The molecular weight excluding hydrogens is 416 g/mol. The van der Waals surface area contributed by atoms with Gasteiger partial charge in [0.25, 0.3) is 0 Å². The minimum absolute atomic E-state index is 0.106. The van der Waals surface area contributed by atoms with Crippen molar-refractivity contribution in [3.63, 3.8) is 0 Å². The molecule has 0 saturated carbocycles. The second-order valence-electron chi connectivity index (χ2n) is 9.15. The number of likely N-dealkylation sites (tertiary alicyclic amines) is 2. The Bertz CT molecular complexity index is 1180. The summed E-state index contributed by atoms with van der Waals surface area (Å²) >= 11 is 0. The molecule has 2 amide bonds. The lowest BCUT2D eigenvalue weighted by Gasteiger charge is -2.31. The number of rotatable bonds is 5. The fourth-order valence-electron chi connectivity index (χ4n) is 5.01. The van der Waals surface area contributed by atoms with E-state index in [1.54, 1.807) is 4.90 Å². The number of nitrogens with one attached hydrogen (secondary N) is 2. The Morgan fingerprint density at radius 3 is 2.70 bits per heavy atom. The first-order valence-electron chi connectivity index (χ1n) is 11.6. The van der Waals surface area contributed by atoms with Crippen LogP contribution in [0.1, 0.15) is 48.2 Å². The lowest BCUT2D eigenvalue weighted by Crippen LogP contribution is -2.39. The number of carbonyl (C=O) groups is 2. The third-order valence-corrected chi connectivity index (χ3v) is 7.01. The first-order valence-corrected chi connectivity index (χ1v) is 11.6. The zero-order valence-corrected chi connectivity index (χ0v) is 19.2. The Kier molecular flexibility index (Phi) is 5.74. The SMILES string of the molecule is CNc1cc(C2CC(=O)N(C)C2)nc(C2CCN(C(=O)Cc3c[nH]c4ccccc34)CC2)n1. The van der Waals surface area contributed by atoms with Gasteiger partial charge in [-0.2, -0.15) is 0 Å². The molecule has 0 spiro atoms. The lowest BCUT2D eigenvalue weighted by molar-refractivity contribution is -0.131. The number of benzene rings is 1. The number of anilines is 1. The zero-order valence-electron chi connectivity index (χ0n) is 19.2. The van der Waals surface area contributed by atoms with Crippen LogP contribution >= 0.6 is 0 Å². The normalized spacial score (nSPS) is 19.5. The van der Waals surface area contributed by atoms with E-state index in [-0.39, 0.29) is 23.7 Å². The van der Waals surface area contributed by atoms with Gasteiger partial charge in [0, 0.05) is 75.2 Å². The number of likely N-dealkylation sites (N-methyl/N-ethyl adjacent to an activating group) is 1. The summed E-state index contributed by atoms with van der Waals surface area (Å²) in [5.41, 5.74) is 3.04. The van der Waals surface area contributed by atoms with E-state index in [0.29, 0.717) is 32.5 Å². The van der Waals surface area contributed by atoms with Crippen molar-refractivity contribution in [3.05, 3.63) is 53.6 Å². The fourth-order valence-corrected chi connectivity index (χ4v) is 5.01. The quantitative estimate of drug-likeness (QED) is 0.629. The van der Waals surface area contributed by atoms with Gasteiger partial charge in [0.15, 0.2) is 0 Å². The molecule has 4 heterocycles. The summed E-state index contributed by atoms with van der Waals surface area (Å²) in [4.78, 5) is 41.6. The second kappa shape index (κ2) is 8.84. The molecule has 2 fully saturated rings. The van der Waals surface area contributed by atoms with Gasteiger partial charge in [0.2, 0.25) is 11.8 Å². The van der Waals surface area contributed by atoms with Crippen LogP contribution < -0.4 is 5.32 Å². The van der Waals surface area contributed by atoms with Gasteiger partial charge in [-0.3, -0.25) is 9.59 Å². The van der Waals surface area contributed by atoms with E-state index in [1.807, 2.05) is 49.5 Å². The van der Waals surface area contributed by atoms with Crippen molar-refractivity contribution in [3.8, 4) is 0 Å². The number of para-hydroxylation sites is 1. The van der Waals surface area contributed by atoms with E-state index >= 15 is 0 Å². The highest BCUT2D eigenvalue weighted by Crippen LogP contribution is 2.31. The predicted octanol–water partition coefficient (Wildman–Crippen LogP) is 2.89. The number of piperidine rings is 1. The van der Waals surface area contributed by atoms with E-state index in [4.69, 9.17) is 9.97 Å². The maximum Gasteiger partial charge on any atom is 0.227 e. The molecule has 2 aliphatic heterocycles. The van der Waals surface area contributed by atoms with E-state index in [9.17, 15) is 9.59 Å². The molecule has 1 unspecified atom stereocenters. The monoisotopic (exact) mass is 446 g/mol. The maximum absolute atomic E-state index is 13.0. The topological polar surface area (TPSA) is 94.2 Å². The van der Waals surface area contributed by atoms with Crippen LogP contribution in [0.5, 0.6) is 0 Å². The van der Waals surface area contributed by atoms with Crippen LogP contribution in [0.2, 0.25) is 0 Å². The molecule has 5 rings (SSSR count). The number of aromatic amines is 1. The predicted molar refractivity (Wildman–Crippen MR) is 127 cm³/mol. The highest BCUT2D eigenvalue weighted by Gasteiger charge is 2.31. The molecule has 0 bridgehead atoms. The van der Waals surface area contributed by atoms with Crippen molar-refractivity contribution in [2.45, 2.75) is 37.5 Å². The standard InChI is InChI=1S/C25H30N6O2/c1-26-22-13-21(18-12-23(32)30(2)15-18)28-25(29-22)16-7-9-31(10-8-16)24(33)11-17-14-27-20-6-4-3-5-19(17)20/h3-6,13-14,16,18,27H,7-12,15H2,1-2H3,(H,26,28,29). The second-order valence-corrected chi connectivity index (χ2v) is 9.15. The van der Waals surface area contributed by atoms with E-state index in [1.165, 1.54) is 0 Å². The number of aromatic nitrogens is 3. The molecule has 8 nitrogen and oxygen atoms in total. The van der Waals surface area contributed by atoms with E-state index in [0.717, 1.165) is 46.6 Å². The van der Waals surface area contributed by atoms with Gasteiger partial charge in [-0.25, -0.2) is 9.97 Å².